The van der Waals surface area contributed by atoms with Gasteiger partial charge in [-0.1, -0.05) is 15.9 Å². The van der Waals surface area contributed by atoms with Crippen LogP contribution in [0.4, 0.5) is 0 Å². The van der Waals surface area contributed by atoms with Crippen molar-refractivity contribution in [2.24, 2.45) is 0 Å². The van der Waals surface area contributed by atoms with Crippen molar-refractivity contribution in [3.63, 3.8) is 0 Å². The van der Waals surface area contributed by atoms with Crippen molar-refractivity contribution in [3.05, 3.63) is 0 Å². The van der Waals surface area contributed by atoms with Gasteiger partial charge in [0.05, 0.1) is 5.25 Å². The molecular weight excluding hydrogens is 262 g/mol. The highest BCUT2D eigenvalue weighted by Crippen LogP contribution is 2.26. The number of halogens is 1. The van der Waals surface area contributed by atoms with Crippen LogP contribution in [0.1, 0.15) is 32.6 Å². The Morgan fingerprint density at radius 1 is 1.71 bits per heavy atom. The maximum Gasteiger partial charge on any atom is 0.233 e. The van der Waals surface area contributed by atoms with Crippen molar-refractivity contribution in [2.75, 3.05) is 11.1 Å². The highest BCUT2D eigenvalue weighted by Gasteiger charge is 2.23. The molecule has 0 radical (unpaired) electrons. The molecular formula is C10H18BrNOS. The molecule has 1 N–H and O–H groups in total. The first kappa shape index (κ1) is 12.4. The third-order valence-electron chi connectivity index (χ3n) is 2.38. The fraction of sp³-hybridized carbons (Fsp3) is 0.900. The summed E-state index contributed by atoms with van der Waals surface area (Å²) in [6.07, 6.45) is 4.44. The second-order valence-electron chi connectivity index (χ2n) is 3.74. The summed E-state index contributed by atoms with van der Waals surface area (Å²) in [6.45, 7) is 2.08. The summed E-state index contributed by atoms with van der Waals surface area (Å²) >= 11 is 5.19. The zero-order valence-electron chi connectivity index (χ0n) is 8.59. The molecule has 1 aliphatic rings. The van der Waals surface area contributed by atoms with Gasteiger partial charge in [-0.25, -0.2) is 0 Å². The lowest BCUT2D eigenvalue weighted by atomic mass is 10.2. The zero-order valence-corrected chi connectivity index (χ0v) is 11.0. The van der Waals surface area contributed by atoms with E-state index in [0.29, 0.717) is 6.04 Å². The summed E-state index contributed by atoms with van der Waals surface area (Å²) in [5, 5.41) is 4.32. The summed E-state index contributed by atoms with van der Waals surface area (Å²) in [5.41, 5.74) is 0. The van der Waals surface area contributed by atoms with Gasteiger partial charge in [0.25, 0.3) is 0 Å². The molecule has 14 heavy (non-hydrogen) atoms. The van der Waals surface area contributed by atoms with E-state index in [2.05, 4.69) is 28.2 Å². The van der Waals surface area contributed by atoms with Gasteiger partial charge in [0.2, 0.25) is 5.91 Å². The fourth-order valence-corrected chi connectivity index (χ4v) is 3.07. The van der Waals surface area contributed by atoms with Gasteiger partial charge < -0.3 is 5.32 Å². The molecule has 4 heteroatoms. The van der Waals surface area contributed by atoms with Crippen molar-refractivity contribution in [3.8, 4) is 0 Å². The van der Waals surface area contributed by atoms with Gasteiger partial charge in [0, 0.05) is 11.4 Å². The minimum atomic E-state index is 0.224. The number of rotatable bonds is 5. The molecule has 0 bridgehead atoms. The Kier molecular flexibility index (Phi) is 5.94. The molecule has 2 atom stereocenters. The second-order valence-corrected chi connectivity index (χ2v) is 5.85. The first-order chi connectivity index (χ1) is 6.74. The molecule has 0 aromatic rings. The van der Waals surface area contributed by atoms with E-state index in [1.807, 2.05) is 0 Å². The number of hydrogen-bond acceptors (Lipinski definition) is 2. The number of carbonyl (C=O) groups excluding carboxylic acids is 1. The average molecular weight is 280 g/mol. The van der Waals surface area contributed by atoms with Crippen LogP contribution < -0.4 is 5.32 Å². The summed E-state index contributed by atoms with van der Waals surface area (Å²) < 4.78 is 0. The largest absolute Gasteiger partial charge is 0.353 e. The lowest BCUT2D eigenvalue weighted by Gasteiger charge is -2.15. The first-order valence-corrected chi connectivity index (χ1v) is 7.39. The monoisotopic (exact) mass is 279 g/mol. The average Bonchev–Trinajstić information content (AvgIpc) is 2.67. The van der Waals surface area contributed by atoms with Crippen LogP contribution in [0, 0.1) is 0 Å². The quantitative estimate of drug-likeness (QED) is 0.784. The standard InChI is InChI=1S/C10H18BrNOS/c1-8(4-2-6-11)12-10(13)9-5-3-7-14-9/h8-9H,2-7H2,1H3,(H,12,13). The van der Waals surface area contributed by atoms with Crippen molar-refractivity contribution in [1.29, 1.82) is 0 Å². The molecule has 1 saturated heterocycles. The highest BCUT2D eigenvalue weighted by molar-refractivity contribution is 9.09. The number of hydrogen-bond donors (Lipinski definition) is 1. The van der Waals surface area contributed by atoms with E-state index in [1.165, 1.54) is 6.42 Å². The number of amides is 1. The Bertz CT molecular complexity index is 183. The number of thioether (sulfide) groups is 1. The van der Waals surface area contributed by atoms with Gasteiger partial charge in [0.1, 0.15) is 0 Å². The molecule has 82 valence electrons. The predicted molar refractivity (Wildman–Crippen MR) is 66.1 cm³/mol. The van der Waals surface area contributed by atoms with Crippen LogP contribution in [0.2, 0.25) is 0 Å². The van der Waals surface area contributed by atoms with E-state index >= 15 is 0 Å². The molecule has 1 fully saturated rings. The maximum atomic E-state index is 11.7. The van der Waals surface area contributed by atoms with E-state index in [-0.39, 0.29) is 11.2 Å². The molecule has 1 rings (SSSR count). The topological polar surface area (TPSA) is 29.1 Å². The highest BCUT2D eigenvalue weighted by atomic mass is 79.9. The molecule has 2 unspecified atom stereocenters. The van der Waals surface area contributed by atoms with Gasteiger partial charge >= 0.3 is 0 Å². The molecule has 0 spiro atoms. The number of carbonyl (C=O) groups is 1. The number of alkyl halides is 1. The minimum Gasteiger partial charge on any atom is -0.353 e. The molecule has 0 aromatic heterocycles. The van der Waals surface area contributed by atoms with Gasteiger partial charge in [-0.2, -0.15) is 0 Å². The lowest BCUT2D eigenvalue weighted by Crippen LogP contribution is -2.37. The van der Waals surface area contributed by atoms with Crippen molar-refractivity contribution in [1.82, 2.24) is 5.32 Å². The Balaban J connectivity index is 2.18. The van der Waals surface area contributed by atoms with Gasteiger partial charge in [-0.05, 0) is 38.4 Å². The number of nitrogens with one attached hydrogen (secondary N) is 1. The zero-order chi connectivity index (χ0) is 10.4. The van der Waals surface area contributed by atoms with Gasteiger partial charge in [-0.15, -0.1) is 11.8 Å². The molecule has 0 aliphatic carbocycles. The van der Waals surface area contributed by atoms with Gasteiger partial charge in [-0.3, -0.25) is 4.79 Å². The second kappa shape index (κ2) is 6.72. The molecule has 1 heterocycles. The lowest BCUT2D eigenvalue weighted by molar-refractivity contribution is -0.121. The van der Waals surface area contributed by atoms with E-state index < -0.39 is 0 Å². The minimum absolute atomic E-state index is 0.224. The maximum absolute atomic E-state index is 11.7. The third-order valence-corrected chi connectivity index (χ3v) is 4.32. The Hall–Kier alpha value is 0.300. The summed E-state index contributed by atoms with van der Waals surface area (Å²) in [7, 11) is 0. The van der Waals surface area contributed by atoms with E-state index in [1.54, 1.807) is 11.8 Å². The van der Waals surface area contributed by atoms with Crippen LogP contribution in [-0.2, 0) is 4.79 Å². The van der Waals surface area contributed by atoms with E-state index in [4.69, 9.17) is 0 Å². The third kappa shape index (κ3) is 4.22. The molecule has 1 amide bonds. The normalized spacial score (nSPS) is 23.4. The Labute approximate surface area is 98.7 Å². The van der Waals surface area contributed by atoms with Crippen LogP contribution in [0.25, 0.3) is 0 Å². The molecule has 2 nitrogen and oxygen atoms in total. The van der Waals surface area contributed by atoms with E-state index in [0.717, 1.165) is 30.3 Å². The van der Waals surface area contributed by atoms with Crippen molar-refractivity contribution >= 4 is 33.6 Å². The van der Waals surface area contributed by atoms with Crippen LogP contribution in [-0.4, -0.2) is 28.3 Å². The molecule has 1 aliphatic heterocycles. The fourth-order valence-electron chi connectivity index (χ4n) is 1.58. The predicted octanol–water partition coefficient (Wildman–Crippen LogP) is 2.56. The van der Waals surface area contributed by atoms with Crippen molar-refractivity contribution in [2.45, 2.75) is 43.9 Å². The summed E-state index contributed by atoms with van der Waals surface area (Å²) in [4.78, 5) is 11.7. The summed E-state index contributed by atoms with van der Waals surface area (Å²) in [5.74, 6) is 1.39. The van der Waals surface area contributed by atoms with Gasteiger partial charge in [0.15, 0.2) is 0 Å². The van der Waals surface area contributed by atoms with Crippen LogP contribution in [0.5, 0.6) is 0 Å². The van der Waals surface area contributed by atoms with E-state index in [9.17, 15) is 4.79 Å². The van der Waals surface area contributed by atoms with Crippen LogP contribution >= 0.6 is 27.7 Å². The smallest absolute Gasteiger partial charge is 0.233 e. The first-order valence-electron chi connectivity index (χ1n) is 5.22. The Morgan fingerprint density at radius 3 is 3.07 bits per heavy atom. The van der Waals surface area contributed by atoms with Crippen LogP contribution in [0.15, 0.2) is 0 Å². The summed E-state index contributed by atoms with van der Waals surface area (Å²) in [6, 6.07) is 0.321. The molecule has 0 aromatic carbocycles. The van der Waals surface area contributed by atoms with Crippen molar-refractivity contribution < 1.29 is 4.79 Å². The molecule has 0 saturated carbocycles. The van der Waals surface area contributed by atoms with Crippen LogP contribution in [0.3, 0.4) is 0 Å². The Morgan fingerprint density at radius 2 is 2.50 bits per heavy atom. The SMILES string of the molecule is CC(CCCBr)NC(=O)C1CCCS1.